The van der Waals surface area contributed by atoms with Gasteiger partial charge in [-0.15, -0.1) is 0 Å². The van der Waals surface area contributed by atoms with Crippen molar-refractivity contribution in [3.63, 3.8) is 0 Å². The minimum atomic E-state index is -4.18. The van der Waals surface area contributed by atoms with Crippen LogP contribution >= 0.6 is 0 Å². The SMILES string of the molecule is NCC(F)(F)F.OB(O)O. The number of hydrogen-bond donors (Lipinski definition) is 4. The molecule has 8 heteroatoms. The van der Waals surface area contributed by atoms with Crippen LogP contribution in [-0.4, -0.2) is 35.1 Å². The zero-order valence-corrected chi connectivity index (χ0v) is 4.84. The summed E-state index contributed by atoms with van der Waals surface area (Å²) >= 11 is 0. The number of halogens is 3. The predicted molar refractivity (Wildman–Crippen MR) is 27.5 cm³/mol. The Hall–Kier alpha value is -0.305. The van der Waals surface area contributed by atoms with Gasteiger partial charge in [-0.25, -0.2) is 0 Å². The van der Waals surface area contributed by atoms with E-state index in [4.69, 9.17) is 15.1 Å². The molecule has 0 heterocycles. The Balaban J connectivity index is 0. The highest BCUT2D eigenvalue weighted by Gasteiger charge is 2.23. The van der Waals surface area contributed by atoms with Gasteiger partial charge in [0.25, 0.3) is 0 Å². The fraction of sp³-hybridized carbons (Fsp3) is 1.00. The minimum absolute atomic E-state index is 1.23. The van der Waals surface area contributed by atoms with Crippen LogP contribution in [0.4, 0.5) is 13.2 Å². The van der Waals surface area contributed by atoms with E-state index in [2.05, 4.69) is 5.73 Å². The van der Waals surface area contributed by atoms with E-state index in [1.807, 2.05) is 0 Å². The van der Waals surface area contributed by atoms with E-state index < -0.39 is 20.0 Å². The molecule has 0 fully saturated rings. The largest absolute Gasteiger partial charge is 0.631 e. The molecule has 0 spiro atoms. The molecule has 0 radical (unpaired) electrons. The Kier molecular flexibility index (Phi) is 6.78. The topological polar surface area (TPSA) is 86.7 Å². The summed E-state index contributed by atoms with van der Waals surface area (Å²) < 4.78 is 32.0. The molecule has 0 aromatic rings. The van der Waals surface area contributed by atoms with Crippen molar-refractivity contribution >= 4 is 7.32 Å². The quantitative estimate of drug-likeness (QED) is 0.324. The lowest BCUT2D eigenvalue weighted by Crippen LogP contribution is -2.21. The first-order chi connectivity index (χ1) is 4.29. The Morgan fingerprint density at radius 2 is 1.30 bits per heavy atom. The standard InChI is InChI=1S/C2H4F3N.BH3O3/c3-2(4,5)1-6;2-1(3)4/h1,6H2;2-4H. The van der Waals surface area contributed by atoms with Gasteiger partial charge in [0.2, 0.25) is 0 Å². The highest BCUT2D eigenvalue weighted by atomic mass is 19.4. The summed E-state index contributed by atoms with van der Waals surface area (Å²) in [5, 5.41) is 21.5. The van der Waals surface area contributed by atoms with Crippen molar-refractivity contribution in [2.75, 3.05) is 6.54 Å². The Morgan fingerprint density at radius 3 is 1.30 bits per heavy atom. The molecule has 0 aliphatic rings. The molecular formula is C2H7BF3NO3. The van der Waals surface area contributed by atoms with Crippen molar-refractivity contribution in [2.45, 2.75) is 6.18 Å². The first-order valence-electron chi connectivity index (χ1n) is 2.10. The van der Waals surface area contributed by atoms with E-state index in [1.165, 1.54) is 0 Å². The van der Waals surface area contributed by atoms with E-state index in [0.717, 1.165) is 0 Å². The first kappa shape index (κ1) is 12.4. The van der Waals surface area contributed by atoms with E-state index in [9.17, 15) is 13.2 Å². The van der Waals surface area contributed by atoms with Crippen LogP contribution in [0, 0.1) is 0 Å². The highest BCUT2D eigenvalue weighted by molar-refractivity contribution is 6.30. The van der Waals surface area contributed by atoms with Gasteiger partial charge in [-0.2, -0.15) is 13.2 Å². The lowest BCUT2D eigenvalue weighted by atomic mass is 10.3. The number of nitrogens with two attached hydrogens (primary N) is 1. The van der Waals surface area contributed by atoms with Crippen LogP contribution in [0.5, 0.6) is 0 Å². The molecule has 0 aliphatic carbocycles. The van der Waals surface area contributed by atoms with Crippen LogP contribution in [-0.2, 0) is 0 Å². The molecule has 0 amide bonds. The maximum atomic E-state index is 10.7. The van der Waals surface area contributed by atoms with E-state index in [1.54, 1.807) is 0 Å². The normalized spacial score (nSPS) is 9.90. The zero-order valence-electron chi connectivity index (χ0n) is 4.84. The van der Waals surface area contributed by atoms with Crippen molar-refractivity contribution < 1.29 is 28.2 Å². The van der Waals surface area contributed by atoms with Crippen LogP contribution in [0.2, 0.25) is 0 Å². The monoisotopic (exact) mass is 161 g/mol. The molecule has 0 saturated carbocycles. The number of alkyl halides is 3. The van der Waals surface area contributed by atoms with Crippen molar-refractivity contribution in [1.82, 2.24) is 0 Å². The third-order valence-corrected chi connectivity index (χ3v) is 0.231. The van der Waals surface area contributed by atoms with Gasteiger partial charge in [-0.1, -0.05) is 0 Å². The Labute approximate surface area is 55.3 Å². The smallest absolute Gasteiger partial charge is 0.402 e. The third kappa shape index (κ3) is 47.5. The van der Waals surface area contributed by atoms with Gasteiger partial charge in [-0.05, 0) is 0 Å². The molecule has 0 aromatic carbocycles. The average molecular weight is 161 g/mol. The van der Waals surface area contributed by atoms with Gasteiger partial charge >= 0.3 is 13.5 Å². The zero-order chi connectivity index (χ0) is 8.78. The van der Waals surface area contributed by atoms with E-state index in [-0.39, 0.29) is 0 Å². The molecule has 10 heavy (non-hydrogen) atoms. The summed E-state index contributed by atoms with van der Waals surface area (Å²) in [6.45, 7) is -1.23. The highest BCUT2D eigenvalue weighted by Crippen LogP contribution is 2.10. The van der Waals surface area contributed by atoms with Crippen molar-refractivity contribution in [3.05, 3.63) is 0 Å². The van der Waals surface area contributed by atoms with Crippen molar-refractivity contribution in [2.24, 2.45) is 5.73 Å². The van der Waals surface area contributed by atoms with Gasteiger partial charge in [0, 0.05) is 0 Å². The molecule has 0 aliphatic heterocycles. The first-order valence-corrected chi connectivity index (χ1v) is 2.10. The second-order valence-corrected chi connectivity index (χ2v) is 1.17. The van der Waals surface area contributed by atoms with Gasteiger partial charge in [0.15, 0.2) is 0 Å². The fourth-order valence-electron chi connectivity index (χ4n) is 0. The maximum absolute atomic E-state index is 10.7. The Bertz CT molecular complexity index is 73.9. The van der Waals surface area contributed by atoms with E-state index in [0.29, 0.717) is 0 Å². The fourth-order valence-corrected chi connectivity index (χ4v) is 0. The van der Waals surface area contributed by atoms with Crippen LogP contribution in [0.25, 0.3) is 0 Å². The summed E-state index contributed by atoms with van der Waals surface area (Å²) in [4.78, 5) is 0. The van der Waals surface area contributed by atoms with Crippen LogP contribution < -0.4 is 5.73 Å². The predicted octanol–water partition coefficient (Wildman–Crippen LogP) is -1.54. The molecular weight excluding hydrogens is 154 g/mol. The molecule has 0 saturated heterocycles. The lowest BCUT2D eigenvalue weighted by Gasteiger charge is -1.96. The molecule has 0 bridgehead atoms. The summed E-state index contributed by atoms with van der Waals surface area (Å²) in [5.74, 6) is 0. The second kappa shape index (κ2) is 5.48. The summed E-state index contributed by atoms with van der Waals surface area (Å²) in [6, 6.07) is 0. The second-order valence-electron chi connectivity index (χ2n) is 1.17. The van der Waals surface area contributed by atoms with E-state index >= 15 is 0 Å². The van der Waals surface area contributed by atoms with Crippen LogP contribution in [0.3, 0.4) is 0 Å². The van der Waals surface area contributed by atoms with Gasteiger partial charge in [-0.3, -0.25) is 0 Å². The van der Waals surface area contributed by atoms with Crippen molar-refractivity contribution in [1.29, 1.82) is 0 Å². The molecule has 0 atom stereocenters. The minimum Gasteiger partial charge on any atom is -0.402 e. The average Bonchev–Trinajstić information content (AvgIpc) is 1.63. The van der Waals surface area contributed by atoms with Gasteiger partial charge in [0.05, 0.1) is 6.54 Å². The molecule has 0 rings (SSSR count). The van der Waals surface area contributed by atoms with Crippen LogP contribution in [0.1, 0.15) is 0 Å². The van der Waals surface area contributed by atoms with Gasteiger partial charge < -0.3 is 20.8 Å². The molecule has 62 valence electrons. The molecule has 4 nitrogen and oxygen atoms in total. The van der Waals surface area contributed by atoms with Crippen LogP contribution in [0.15, 0.2) is 0 Å². The Morgan fingerprint density at radius 1 is 1.20 bits per heavy atom. The molecule has 0 unspecified atom stereocenters. The summed E-state index contributed by atoms with van der Waals surface area (Å²) in [6.07, 6.45) is -4.18. The summed E-state index contributed by atoms with van der Waals surface area (Å²) in [7, 11) is -2.17. The number of rotatable bonds is 0. The van der Waals surface area contributed by atoms with Crippen molar-refractivity contribution in [3.8, 4) is 0 Å². The lowest BCUT2D eigenvalue weighted by molar-refractivity contribution is -0.118. The third-order valence-electron chi connectivity index (χ3n) is 0.231. The molecule has 5 N–H and O–H groups in total. The summed E-state index contributed by atoms with van der Waals surface area (Å²) in [5.41, 5.74) is 4.18. The molecule has 0 aromatic heterocycles. The maximum Gasteiger partial charge on any atom is 0.631 e. The van der Waals surface area contributed by atoms with Gasteiger partial charge in [0.1, 0.15) is 0 Å². The number of hydrogen-bond acceptors (Lipinski definition) is 4.